The Bertz CT molecular complexity index is 1080. The van der Waals surface area contributed by atoms with E-state index in [0.717, 1.165) is 28.2 Å². The van der Waals surface area contributed by atoms with E-state index in [4.69, 9.17) is 9.47 Å². The Morgan fingerprint density at radius 3 is 1.23 bits per heavy atom. The molecule has 0 atom stereocenters. The number of hydrogen-bond donors (Lipinski definition) is 0. The van der Waals surface area contributed by atoms with Crippen LogP contribution in [-0.2, 0) is 0 Å². The van der Waals surface area contributed by atoms with Crippen LogP contribution in [0.1, 0.15) is 17.3 Å². The van der Waals surface area contributed by atoms with Crippen LogP contribution in [-0.4, -0.2) is 20.0 Å². The summed E-state index contributed by atoms with van der Waals surface area (Å²) in [7, 11) is 3.33. The average molecular weight is 411 g/mol. The maximum absolute atomic E-state index is 11.2. The highest BCUT2D eigenvalue weighted by Crippen LogP contribution is 2.23. The van der Waals surface area contributed by atoms with Crippen molar-refractivity contribution in [1.29, 1.82) is 0 Å². The number of hydrogen-bond acceptors (Lipinski definition) is 3. The smallest absolute Gasteiger partial charge is 0.159 e. The van der Waals surface area contributed by atoms with Crippen molar-refractivity contribution in [2.24, 2.45) is 0 Å². The molecule has 0 N–H and O–H groups in total. The second kappa shape index (κ2) is 10.8. The Morgan fingerprint density at radius 1 is 0.516 bits per heavy atom. The van der Waals surface area contributed by atoms with Crippen molar-refractivity contribution in [3.05, 3.63) is 109 Å². The Morgan fingerprint density at radius 2 is 0.871 bits per heavy atom. The van der Waals surface area contributed by atoms with Crippen LogP contribution in [0.2, 0.25) is 0 Å². The van der Waals surface area contributed by atoms with Gasteiger partial charge in [0.2, 0.25) is 0 Å². The van der Waals surface area contributed by atoms with E-state index in [1.165, 1.54) is 11.1 Å². The van der Waals surface area contributed by atoms with Crippen molar-refractivity contribution in [3.63, 3.8) is 0 Å². The fourth-order valence-corrected chi connectivity index (χ4v) is 3.09. The number of carbonyl (C=O) groups excluding carboxylic acids is 1. The van der Waals surface area contributed by atoms with E-state index in [-0.39, 0.29) is 5.78 Å². The monoisotopic (exact) mass is 410 g/mol. The van der Waals surface area contributed by atoms with E-state index in [1.807, 2.05) is 78.9 Å². The van der Waals surface area contributed by atoms with Gasteiger partial charge in [-0.15, -0.1) is 0 Å². The molecule has 0 amide bonds. The van der Waals surface area contributed by atoms with Gasteiger partial charge in [-0.1, -0.05) is 78.9 Å². The summed E-state index contributed by atoms with van der Waals surface area (Å²) in [5.41, 5.74) is 5.39. The molecule has 0 saturated carbocycles. The Labute approximate surface area is 183 Å². The molecule has 0 radical (unpaired) electrons. The fraction of sp³-hybridized carbons (Fsp3) is 0.107. The summed E-state index contributed by atoms with van der Waals surface area (Å²) >= 11 is 0. The molecule has 3 nitrogen and oxygen atoms in total. The van der Waals surface area contributed by atoms with E-state index in [9.17, 15) is 4.79 Å². The van der Waals surface area contributed by atoms with Crippen LogP contribution in [0.3, 0.4) is 0 Å². The molecule has 0 heterocycles. The van der Waals surface area contributed by atoms with Crippen LogP contribution in [0.25, 0.3) is 22.3 Å². The third kappa shape index (κ3) is 6.06. The third-order valence-corrected chi connectivity index (χ3v) is 4.91. The first-order chi connectivity index (χ1) is 15.1. The highest BCUT2D eigenvalue weighted by molar-refractivity contribution is 5.94. The lowest BCUT2D eigenvalue weighted by Crippen LogP contribution is -1.90. The van der Waals surface area contributed by atoms with Crippen LogP contribution >= 0.6 is 0 Å². The molecule has 156 valence electrons. The molecule has 0 aromatic heterocycles. The van der Waals surface area contributed by atoms with Crippen molar-refractivity contribution in [1.82, 2.24) is 0 Å². The lowest BCUT2D eigenvalue weighted by molar-refractivity contribution is 0.101. The summed E-state index contributed by atoms with van der Waals surface area (Å²) in [5.74, 6) is 1.82. The summed E-state index contributed by atoms with van der Waals surface area (Å²) < 4.78 is 10.2. The quantitative estimate of drug-likeness (QED) is 0.335. The lowest BCUT2D eigenvalue weighted by Gasteiger charge is -2.04. The summed E-state index contributed by atoms with van der Waals surface area (Å²) in [5, 5.41) is 0. The van der Waals surface area contributed by atoms with Gasteiger partial charge < -0.3 is 9.47 Å². The number of Topliss-reactive ketones (excluding diaryl/α,β-unsaturated/α-hetero) is 1. The predicted octanol–water partition coefficient (Wildman–Crippen LogP) is 6.93. The van der Waals surface area contributed by atoms with Crippen molar-refractivity contribution in [2.75, 3.05) is 14.2 Å². The van der Waals surface area contributed by atoms with E-state index < -0.39 is 0 Å². The topological polar surface area (TPSA) is 35.5 Å². The Balaban J connectivity index is 0.000000179. The number of methoxy groups -OCH3 is 2. The molecule has 4 aromatic carbocycles. The van der Waals surface area contributed by atoms with Crippen LogP contribution in [0.15, 0.2) is 103 Å². The maximum Gasteiger partial charge on any atom is 0.159 e. The van der Waals surface area contributed by atoms with Gasteiger partial charge in [0, 0.05) is 5.56 Å². The first-order valence-electron chi connectivity index (χ1n) is 10.1. The molecule has 0 aliphatic rings. The summed E-state index contributed by atoms with van der Waals surface area (Å²) in [6, 6.07) is 33.8. The lowest BCUT2D eigenvalue weighted by atomic mass is 10.0. The minimum atomic E-state index is 0.0891. The molecule has 0 aliphatic heterocycles. The normalized spacial score (nSPS) is 9.90. The molecule has 0 saturated heterocycles. The van der Waals surface area contributed by atoms with E-state index >= 15 is 0 Å². The van der Waals surface area contributed by atoms with Gasteiger partial charge in [-0.05, 0) is 53.4 Å². The van der Waals surface area contributed by atoms with Crippen molar-refractivity contribution in [2.45, 2.75) is 6.92 Å². The van der Waals surface area contributed by atoms with Gasteiger partial charge in [0.1, 0.15) is 11.5 Å². The zero-order valence-corrected chi connectivity index (χ0v) is 18.0. The van der Waals surface area contributed by atoms with Crippen molar-refractivity contribution < 1.29 is 14.3 Å². The molecule has 31 heavy (non-hydrogen) atoms. The van der Waals surface area contributed by atoms with Gasteiger partial charge in [0.05, 0.1) is 14.2 Å². The number of benzene rings is 4. The molecule has 0 bridgehead atoms. The van der Waals surface area contributed by atoms with Crippen LogP contribution in [0.4, 0.5) is 0 Å². The number of rotatable bonds is 5. The molecular weight excluding hydrogens is 384 g/mol. The Hall–Kier alpha value is -3.85. The highest BCUT2D eigenvalue weighted by atomic mass is 16.5. The van der Waals surface area contributed by atoms with Crippen LogP contribution in [0.5, 0.6) is 11.5 Å². The van der Waals surface area contributed by atoms with Crippen molar-refractivity contribution in [3.8, 4) is 33.8 Å². The average Bonchev–Trinajstić information content (AvgIpc) is 2.85. The molecule has 3 heteroatoms. The molecule has 4 aromatic rings. The van der Waals surface area contributed by atoms with Gasteiger partial charge in [0.15, 0.2) is 5.78 Å². The van der Waals surface area contributed by atoms with Gasteiger partial charge >= 0.3 is 0 Å². The second-order valence-corrected chi connectivity index (χ2v) is 6.96. The second-order valence-electron chi connectivity index (χ2n) is 6.96. The SMILES string of the molecule is COc1ccc(-c2ccc(C(C)=O)cc2)cc1.COc1ccc(-c2ccccc2)cc1. The van der Waals surface area contributed by atoms with Crippen LogP contribution in [0, 0.1) is 0 Å². The molecule has 0 fully saturated rings. The molecular formula is C28H26O3. The molecule has 0 unspecified atom stereocenters. The minimum absolute atomic E-state index is 0.0891. The summed E-state index contributed by atoms with van der Waals surface area (Å²) in [4.78, 5) is 11.2. The molecule has 0 spiro atoms. The van der Waals surface area contributed by atoms with E-state index in [1.54, 1.807) is 21.1 Å². The Kier molecular flexibility index (Phi) is 7.61. The first kappa shape index (κ1) is 21.8. The first-order valence-corrected chi connectivity index (χ1v) is 10.1. The van der Waals surface area contributed by atoms with Gasteiger partial charge in [-0.3, -0.25) is 4.79 Å². The van der Waals surface area contributed by atoms with Gasteiger partial charge in [-0.25, -0.2) is 0 Å². The maximum atomic E-state index is 11.2. The summed E-state index contributed by atoms with van der Waals surface area (Å²) in [6.45, 7) is 1.57. The zero-order chi connectivity index (χ0) is 22.1. The zero-order valence-electron chi connectivity index (χ0n) is 18.0. The van der Waals surface area contributed by atoms with Gasteiger partial charge in [0.25, 0.3) is 0 Å². The predicted molar refractivity (Wildman–Crippen MR) is 127 cm³/mol. The molecule has 4 rings (SSSR count). The minimum Gasteiger partial charge on any atom is -0.497 e. The number of ether oxygens (including phenoxy) is 2. The summed E-state index contributed by atoms with van der Waals surface area (Å²) in [6.07, 6.45) is 0. The fourth-order valence-electron chi connectivity index (χ4n) is 3.09. The number of carbonyl (C=O) groups is 1. The number of ketones is 1. The van der Waals surface area contributed by atoms with Gasteiger partial charge in [-0.2, -0.15) is 0 Å². The van der Waals surface area contributed by atoms with E-state index in [2.05, 4.69) is 24.3 Å². The molecule has 0 aliphatic carbocycles. The van der Waals surface area contributed by atoms with Crippen molar-refractivity contribution >= 4 is 5.78 Å². The van der Waals surface area contributed by atoms with E-state index in [0.29, 0.717) is 0 Å². The third-order valence-electron chi connectivity index (χ3n) is 4.91. The largest absolute Gasteiger partial charge is 0.497 e. The standard InChI is InChI=1S/C15H14O2.C13H12O/c1-11(16)12-3-5-13(6-4-12)14-7-9-15(17-2)10-8-14;1-14-13-9-7-12(8-10-13)11-5-3-2-4-6-11/h3-10H,1-2H3;2-10H,1H3. The van der Waals surface area contributed by atoms with Crippen LogP contribution < -0.4 is 9.47 Å². The highest BCUT2D eigenvalue weighted by Gasteiger charge is 2.01.